The van der Waals surface area contributed by atoms with E-state index < -0.39 is 0 Å². The topological polar surface area (TPSA) is 40.6 Å². The van der Waals surface area contributed by atoms with Crippen LogP contribution in [0.4, 0.5) is 0 Å². The molecule has 4 nitrogen and oxygen atoms in total. The first-order valence-electron chi connectivity index (χ1n) is 10.5. The van der Waals surface area contributed by atoms with Gasteiger partial charge in [-0.3, -0.25) is 9.59 Å². The number of carbonyl (C=O) groups excluding carboxylic acids is 2. The highest BCUT2D eigenvalue weighted by Crippen LogP contribution is 2.10. The first-order chi connectivity index (χ1) is 12.4. The van der Waals surface area contributed by atoms with Gasteiger partial charge in [0.2, 0.25) is 11.8 Å². The minimum atomic E-state index is 0.245. The Bertz CT molecular complexity index is 354. The molecule has 0 bridgehead atoms. The summed E-state index contributed by atoms with van der Waals surface area (Å²) >= 11 is 0. The quantitative estimate of drug-likeness (QED) is 0.279. The molecule has 0 atom stereocenters. The Morgan fingerprint density at radius 3 is 1.19 bits per heavy atom. The first kappa shape index (κ1) is 24.7. The number of hydrogen-bond acceptors (Lipinski definition) is 2. The van der Waals surface area contributed by atoms with Crippen molar-refractivity contribution in [2.75, 3.05) is 28.2 Å². The van der Waals surface area contributed by atoms with E-state index in [0.29, 0.717) is 12.8 Å². The fourth-order valence-corrected chi connectivity index (χ4v) is 2.82. The van der Waals surface area contributed by atoms with Crippen LogP contribution in [0.5, 0.6) is 0 Å². The maximum atomic E-state index is 11.4. The van der Waals surface area contributed by atoms with Crippen molar-refractivity contribution in [3.63, 3.8) is 0 Å². The third kappa shape index (κ3) is 16.2. The van der Waals surface area contributed by atoms with Gasteiger partial charge in [0.15, 0.2) is 0 Å². The van der Waals surface area contributed by atoms with Crippen LogP contribution in [0.15, 0.2) is 12.2 Å². The second kappa shape index (κ2) is 17.1. The molecule has 4 heteroatoms. The molecule has 0 aliphatic rings. The van der Waals surface area contributed by atoms with Crippen molar-refractivity contribution in [2.45, 2.75) is 89.9 Å². The van der Waals surface area contributed by atoms with Crippen molar-refractivity contribution in [3.8, 4) is 0 Å². The van der Waals surface area contributed by atoms with Crippen LogP contribution in [0, 0.1) is 0 Å². The van der Waals surface area contributed by atoms with Crippen LogP contribution >= 0.6 is 0 Å². The maximum Gasteiger partial charge on any atom is 0.222 e. The van der Waals surface area contributed by atoms with Crippen LogP contribution < -0.4 is 0 Å². The van der Waals surface area contributed by atoms with Crippen molar-refractivity contribution in [1.82, 2.24) is 9.80 Å². The van der Waals surface area contributed by atoms with Gasteiger partial charge in [0.25, 0.3) is 0 Å². The maximum absolute atomic E-state index is 11.4. The lowest BCUT2D eigenvalue weighted by molar-refractivity contribution is -0.129. The van der Waals surface area contributed by atoms with Crippen molar-refractivity contribution in [2.24, 2.45) is 0 Å². The average Bonchev–Trinajstić information content (AvgIpc) is 2.60. The summed E-state index contributed by atoms with van der Waals surface area (Å²) in [7, 11) is 7.29. The third-order valence-corrected chi connectivity index (χ3v) is 4.69. The zero-order chi connectivity index (χ0) is 19.6. The molecule has 0 aromatic rings. The number of hydrogen-bond donors (Lipinski definition) is 0. The largest absolute Gasteiger partial charge is 0.349 e. The van der Waals surface area contributed by atoms with Crippen LogP contribution in [0.25, 0.3) is 0 Å². The molecule has 0 aromatic heterocycles. The minimum absolute atomic E-state index is 0.245. The highest BCUT2D eigenvalue weighted by atomic mass is 16.2. The number of allylic oxidation sites excluding steroid dienone is 2. The molecule has 0 unspecified atom stereocenters. The number of amides is 2. The Morgan fingerprint density at radius 2 is 0.846 bits per heavy atom. The van der Waals surface area contributed by atoms with Gasteiger partial charge in [-0.1, -0.05) is 50.7 Å². The Kier molecular flexibility index (Phi) is 16.2. The van der Waals surface area contributed by atoms with E-state index in [2.05, 4.69) is 12.2 Å². The summed E-state index contributed by atoms with van der Waals surface area (Å²) in [5.74, 6) is 0.491. The van der Waals surface area contributed by atoms with Crippen molar-refractivity contribution in [3.05, 3.63) is 12.2 Å². The SMILES string of the molecule is CN(C)C(=O)CCCCCCC/C=C/CCCCCCCC(=O)N(C)C. The van der Waals surface area contributed by atoms with Gasteiger partial charge in [-0.25, -0.2) is 0 Å². The number of unbranched alkanes of at least 4 members (excludes halogenated alkanes) is 10. The molecule has 0 radical (unpaired) electrons. The van der Waals surface area contributed by atoms with Crippen LogP contribution in [0.1, 0.15) is 89.9 Å². The first-order valence-corrected chi connectivity index (χ1v) is 10.5. The van der Waals surface area contributed by atoms with E-state index >= 15 is 0 Å². The number of nitrogens with zero attached hydrogens (tertiary/aromatic N) is 2. The third-order valence-electron chi connectivity index (χ3n) is 4.69. The summed E-state index contributed by atoms with van der Waals surface area (Å²) in [6, 6.07) is 0. The zero-order valence-electron chi connectivity index (χ0n) is 17.8. The molecular weight excluding hydrogens is 324 g/mol. The normalized spacial score (nSPS) is 11.1. The molecule has 26 heavy (non-hydrogen) atoms. The molecule has 0 aliphatic heterocycles. The second-order valence-electron chi connectivity index (χ2n) is 7.66. The average molecular weight is 367 g/mol. The molecule has 2 amide bonds. The van der Waals surface area contributed by atoms with Gasteiger partial charge < -0.3 is 9.80 Å². The van der Waals surface area contributed by atoms with E-state index in [-0.39, 0.29) is 11.8 Å². The van der Waals surface area contributed by atoms with Gasteiger partial charge >= 0.3 is 0 Å². The molecule has 0 N–H and O–H groups in total. The van der Waals surface area contributed by atoms with Crippen molar-refractivity contribution >= 4 is 11.8 Å². The summed E-state index contributed by atoms with van der Waals surface area (Å²) in [6.45, 7) is 0. The van der Waals surface area contributed by atoms with Gasteiger partial charge in [0.1, 0.15) is 0 Å². The minimum Gasteiger partial charge on any atom is -0.349 e. The smallest absolute Gasteiger partial charge is 0.222 e. The Labute approximate surface area is 162 Å². The van der Waals surface area contributed by atoms with Gasteiger partial charge in [0.05, 0.1) is 0 Å². The molecular formula is C22H42N2O2. The highest BCUT2D eigenvalue weighted by molar-refractivity contribution is 5.75. The van der Waals surface area contributed by atoms with Crippen LogP contribution in [-0.4, -0.2) is 49.8 Å². The monoisotopic (exact) mass is 366 g/mol. The molecule has 0 heterocycles. The van der Waals surface area contributed by atoms with Gasteiger partial charge in [-0.15, -0.1) is 0 Å². The lowest BCUT2D eigenvalue weighted by Crippen LogP contribution is -2.20. The van der Waals surface area contributed by atoms with Crippen molar-refractivity contribution < 1.29 is 9.59 Å². The van der Waals surface area contributed by atoms with Gasteiger partial charge in [0, 0.05) is 41.0 Å². The summed E-state index contributed by atoms with van der Waals surface area (Å²) < 4.78 is 0. The molecule has 0 rings (SSSR count). The van der Waals surface area contributed by atoms with E-state index in [1.807, 2.05) is 28.2 Å². The molecule has 0 aromatic carbocycles. The van der Waals surface area contributed by atoms with E-state index in [1.54, 1.807) is 9.80 Å². The van der Waals surface area contributed by atoms with Crippen LogP contribution in [0.3, 0.4) is 0 Å². The standard InChI is InChI=1S/C22H42N2O2/c1-23(2)21(25)19-17-15-13-11-9-7-5-6-8-10-12-14-16-18-20-22(26)24(3)4/h5-6H,7-20H2,1-4H3/b6-5+. The van der Waals surface area contributed by atoms with Crippen molar-refractivity contribution in [1.29, 1.82) is 0 Å². The predicted octanol–water partition coefficient (Wildman–Crippen LogP) is 5.18. The van der Waals surface area contributed by atoms with Crippen LogP contribution in [0.2, 0.25) is 0 Å². The lowest BCUT2D eigenvalue weighted by Gasteiger charge is -2.09. The molecule has 152 valence electrons. The van der Waals surface area contributed by atoms with Crippen LogP contribution in [-0.2, 0) is 9.59 Å². The van der Waals surface area contributed by atoms with E-state index in [0.717, 1.165) is 12.8 Å². The summed E-state index contributed by atoms with van der Waals surface area (Å²) in [5, 5.41) is 0. The number of carbonyl (C=O) groups is 2. The fraction of sp³-hybridized carbons (Fsp3) is 0.818. The summed E-state index contributed by atoms with van der Waals surface area (Å²) in [5.41, 5.74) is 0. The highest BCUT2D eigenvalue weighted by Gasteiger charge is 2.03. The van der Waals surface area contributed by atoms with E-state index in [9.17, 15) is 9.59 Å². The Balaban J connectivity index is 3.25. The second-order valence-corrected chi connectivity index (χ2v) is 7.66. The fourth-order valence-electron chi connectivity index (χ4n) is 2.82. The molecule has 0 aliphatic carbocycles. The predicted molar refractivity (Wildman–Crippen MR) is 111 cm³/mol. The number of rotatable bonds is 16. The van der Waals surface area contributed by atoms with E-state index in [1.165, 1.54) is 64.2 Å². The lowest BCUT2D eigenvalue weighted by atomic mass is 10.1. The molecule has 0 spiro atoms. The zero-order valence-corrected chi connectivity index (χ0v) is 17.8. The Hall–Kier alpha value is -1.32. The van der Waals surface area contributed by atoms with E-state index in [4.69, 9.17) is 0 Å². The summed E-state index contributed by atoms with van der Waals surface area (Å²) in [4.78, 5) is 26.2. The summed E-state index contributed by atoms with van der Waals surface area (Å²) in [6.07, 6.45) is 20.3. The molecule has 0 saturated heterocycles. The van der Waals surface area contributed by atoms with Gasteiger partial charge in [-0.05, 0) is 38.5 Å². The Morgan fingerprint density at radius 1 is 0.538 bits per heavy atom. The molecule has 0 fully saturated rings. The molecule has 0 saturated carbocycles. The van der Waals surface area contributed by atoms with Gasteiger partial charge in [-0.2, -0.15) is 0 Å².